The van der Waals surface area contributed by atoms with Gasteiger partial charge in [-0.2, -0.15) is 0 Å². The zero-order chi connectivity index (χ0) is 10.6. The molecule has 1 heterocycles. The second-order valence-corrected chi connectivity index (χ2v) is 4.34. The Morgan fingerprint density at radius 2 is 2.21 bits per heavy atom. The number of hydrogen-bond acceptors (Lipinski definition) is 3. The van der Waals surface area contributed by atoms with Crippen LogP contribution >= 0.6 is 0 Å². The molecule has 0 aromatic rings. The fraction of sp³-hybridized carbons (Fsp3) is 1.00. The van der Waals surface area contributed by atoms with Gasteiger partial charge in [0.25, 0.3) is 0 Å². The van der Waals surface area contributed by atoms with Gasteiger partial charge in [-0.25, -0.2) is 0 Å². The van der Waals surface area contributed by atoms with Crippen molar-refractivity contribution in [2.45, 2.75) is 51.9 Å². The number of aliphatic hydroxyl groups is 1. The van der Waals surface area contributed by atoms with E-state index in [0.29, 0.717) is 6.04 Å². The summed E-state index contributed by atoms with van der Waals surface area (Å²) in [5.74, 6) is 0. The van der Waals surface area contributed by atoms with Crippen molar-refractivity contribution in [3.05, 3.63) is 0 Å². The summed E-state index contributed by atoms with van der Waals surface area (Å²) < 4.78 is 5.60. The zero-order valence-electron chi connectivity index (χ0n) is 9.57. The summed E-state index contributed by atoms with van der Waals surface area (Å²) in [6.45, 7) is 8.56. The van der Waals surface area contributed by atoms with Gasteiger partial charge in [-0.1, -0.05) is 13.3 Å². The highest BCUT2D eigenvalue weighted by Gasteiger charge is 2.27. The van der Waals surface area contributed by atoms with Crippen LogP contribution in [0.4, 0.5) is 0 Å². The van der Waals surface area contributed by atoms with Crippen LogP contribution in [0.1, 0.15) is 33.6 Å². The van der Waals surface area contributed by atoms with Gasteiger partial charge in [-0.3, -0.25) is 4.90 Å². The van der Waals surface area contributed by atoms with Crippen LogP contribution in [0.2, 0.25) is 0 Å². The molecule has 1 aliphatic rings. The standard InChI is InChI=1S/C11H23NO2/c1-4-5-9(2)12-6-10(3)14-11(7-12)8-13/h9-11,13H,4-8H2,1-3H3. The lowest BCUT2D eigenvalue weighted by Gasteiger charge is -2.39. The fourth-order valence-electron chi connectivity index (χ4n) is 2.14. The molecule has 1 saturated heterocycles. The average molecular weight is 201 g/mol. The summed E-state index contributed by atoms with van der Waals surface area (Å²) >= 11 is 0. The van der Waals surface area contributed by atoms with Crippen molar-refractivity contribution in [2.75, 3.05) is 19.7 Å². The SMILES string of the molecule is CCCC(C)N1CC(C)OC(CO)C1. The van der Waals surface area contributed by atoms with Crippen LogP contribution in [-0.2, 0) is 4.74 Å². The van der Waals surface area contributed by atoms with Crippen LogP contribution in [0, 0.1) is 0 Å². The smallest absolute Gasteiger partial charge is 0.0936 e. The molecule has 0 aromatic heterocycles. The molecular formula is C11H23NO2. The van der Waals surface area contributed by atoms with Crippen LogP contribution < -0.4 is 0 Å². The minimum absolute atomic E-state index is 0.0121. The number of nitrogens with zero attached hydrogens (tertiary/aromatic N) is 1. The highest BCUT2D eigenvalue weighted by atomic mass is 16.5. The molecule has 0 saturated carbocycles. The van der Waals surface area contributed by atoms with E-state index >= 15 is 0 Å². The Balaban J connectivity index is 2.43. The van der Waals surface area contributed by atoms with Gasteiger partial charge in [-0.05, 0) is 20.3 Å². The molecule has 0 aromatic carbocycles. The molecule has 3 unspecified atom stereocenters. The predicted octanol–water partition coefficient (Wildman–Crippen LogP) is 1.26. The lowest BCUT2D eigenvalue weighted by molar-refractivity contribution is -0.104. The molecule has 1 N–H and O–H groups in total. The third kappa shape index (κ3) is 3.23. The van der Waals surface area contributed by atoms with Crippen LogP contribution in [0.5, 0.6) is 0 Å². The van der Waals surface area contributed by atoms with Crippen LogP contribution in [-0.4, -0.2) is 48.0 Å². The van der Waals surface area contributed by atoms with Crippen molar-refractivity contribution < 1.29 is 9.84 Å². The van der Waals surface area contributed by atoms with E-state index in [-0.39, 0.29) is 18.8 Å². The molecule has 1 aliphatic heterocycles. The quantitative estimate of drug-likeness (QED) is 0.743. The van der Waals surface area contributed by atoms with Gasteiger partial charge in [-0.15, -0.1) is 0 Å². The monoisotopic (exact) mass is 201 g/mol. The van der Waals surface area contributed by atoms with Crippen molar-refractivity contribution in [1.82, 2.24) is 4.90 Å². The van der Waals surface area contributed by atoms with E-state index < -0.39 is 0 Å². The largest absolute Gasteiger partial charge is 0.394 e. The van der Waals surface area contributed by atoms with Gasteiger partial charge >= 0.3 is 0 Å². The lowest BCUT2D eigenvalue weighted by Crippen LogP contribution is -2.51. The maximum atomic E-state index is 9.09. The maximum Gasteiger partial charge on any atom is 0.0936 e. The number of morpholine rings is 1. The van der Waals surface area contributed by atoms with Gasteiger partial charge in [0.2, 0.25) is 0 Å². The zero-order valence-corrected chi connectivity index (χ0v) is 9.57. The maximum absolute atomic E-state index is 9.09. The number of aliphatic hydroxyl groups excluding tert-OH is 1. The summed E-state index contributed by atoms with van der Waals surface area (Å²) in [6, 6.07) is 0.611. The fourth-order valence-corrected chi connectivity index (χ4v) is 2.14. The van der Waals surface area contributed by atoms with Crippen molar-refractivity contribution in [3.63, 3.8) is 0 Å². The Morgan fingerprint density at radius 3 is 2.79 bits per heavy atom. The summed E-state index contributed by atoms with van der Waals surface area (Å²) in [5.41, 5.74) is 0. The first-order valence-electron chi connectivity index (χ1n) is 5.67. The van der Waals surface area contributed by atoms with Crippen LogP contribution in [0.3, 0.4) is 0 Å². The second kappa shape index (κ2) is 5.69. The van der Waals surface area contributed by atoms with E-state index in [2.05, 4.69) is 25.7 Å². The van der Waals surface area contributed by atoms with Crippen molar-refractivity contribution in [2.24, 2.45) is 0 Å². The summed E-state index contributed by atoms with van der Waals surface area (Å²) in [5, 5.41) is 9.09. The van der Waals surface area contributed by atoms with Crippen LogP contribution in [0.25, 0.3) is 0 Å². The van der Waals surface area contributed by atoms with E-state index in [4.69, 9.17) is 9.84 Å². The molecule has 3 nitrogen and oxygen atoms in total. The van der Waals surface area contributed by atoms with Crippen molar-refractivity contribution >= 4 is 0 Å². The van der Waals surface area contributed by atoms with E-state index in [9.17, 15) is 0 Å². The molecule has 0 amide bonds. The van der Waals surface area contributed by atoms with Gasteiger partial charge in [0.15, 0.2) is 0 Å². The van der Waals surface area contributed by atoms with Crippen LogP contribution in [0.15, 0.2) is 0 Å². The van der Waals surface area contributed by atoms with Gasteiger partial charge in [0.1, 0.15) is 0 Å². The third-order valence-electron chi connectivity index (χ3n) is 2.89. The molecule has 3 atom stereocenters. The number of rotatable bonds is 4. The number of ether oxygens (including phenoxy) is 1. The predicted molar refractivity (Wildman–Crippen MR) is 57.4 cm³/mol. The molecular weight excluding hydrogens is 178 g/mol. The Bertz CT molecular complexity index is 163. The van der Waals surface area contributed by atoms with E-state index in [1.54, 1.807) is 0 Å². The van der Waals surface area contributed by atoms with Crippen molar-refractivity contribution in [1.29, 1.82) is 0 Å². The summed E-state index contributed by atoms with van der Waals surface area (Å²) in [7, 11) is 0. The van der Waals surface area contributed by atoms with Gasteiger partial charge in [0, 0.05) is 19.1 Å². The third-order valence-corrected chi connectivity index (χ3v) is 2.89. The second-order valence-electron chi connectivity index (χ2n) is 4.34. The molecule has 14 heavy (non-hydrogen) atoms. The molecule has 3 heteroatoms. The molecule has 1 fully saturated rings. The lowest BCUT2D eigenvalue weighted by atomic mass is 10.1. The molecule has 84 valence electrons. The molecule has 1 rings (SSSR count). The van der Waals surface area contributed by atoms with Gasteiger partial charge < -0.3 is 9.84 Å². The Morgan fingerprint density at radius 1 is 1.50 bits per heavy atom. The van der Waals surface area contributed by atoms with Crippen molar-refractivity contribution in [3.8, 4) is 0 Å². The molecule has 0 spiro atoms. The van der Waals surface area contributed by atoms with Gasteiger partial charge in [0.05, 0.1) is 18.8 Å². The molecule has 0 aliphatic carbocycles. The normalized spacial score (nSPS) is 31.7. The average Bonchev–Trinajstić information content (AvgIpc) is 2.17. The van der Waals surface area contributed by atoms with E-state index in [0.717, 1.165) is 13.1 Å². The molecule has 0 bridgehead atoms. The first kappa shape index (κ1) is 12.0. The summed E-state index contributed by atoms with van der Waals surface area (Å²) in [4.78, 5) is 2.43. The first-order chi connectivity index (χ1) is 6.67. The topological polar surface area (TPSA) is 32.7 Å². The first-order valence-corrected chi connectivity index (χ1v) is 5.67. The number of hydrogen-bond donors (Lipinski definition) is 1. The minimum atomic E-state index is 0.0121. The summed E-state index contributed by atoms with van der Waals surface area (Å²) in [6.07, 6.45) is 2.71. The minimum Gasteiger partial charge on any atom is -0.394 e. The highest BCUT2D eigenvalue weighted by Crippen LogP contribution is 2.15. The Hall–Kier alpha value is -0.120. The Labute approximate surface area is 87.1 Å². The molecule has 0 radical (unpaired) electrons. The van der Waals surface area contributed by atoms with E-state index in [1.165, 1.54) is 12.8 Å². The Kier molecular flexibility index (Phi) is 4.85. The highest BCUT2D eigenvalue weighted by molar-refractivity contribution is 4.78. The van der Waals surface area contributed by atoms with E-state index in [1.807, 2.05) is 0 Å².